The quantitative estimate of drug-likeness (QED) is 0.891. The summed E-state index contributed by atoms with van der Waals surface area (Å²) < 4.78 is 27.6. The van der Waals surface area contributed by atoms with Crippen molar-refractivity contribution in [2.45, 2.75) is 43.5 Å². The van der Waals surface area contributed by atoms with Gasteiger partial charge in [0.2, 0.25) is 0 Å². The molecule has 5 nitrogen and oxygen atoms in total. The van der Waals surface area contributed by atoms with Crippen molar-refractivity contribution in [2.75, 3.05) is 17.3 Å². The standard InChI is InChI=1S/C13H21N3O2S2/c1-7(10-6-8-3-4-9(10)5-8)15-13-11(20(2,17)18)12(14)16-19-13/h7-10,15H,3-6H2,1-2H3,(H2,14,16). The monoisotopic (exact) mass is 315 g/mol. The van der Waals surface area contributed by atoms with Gasteiger partial charge in [0.1, 0.15) is 9.90 Å². The molecule has 2 aliphatic carbocycles. The molecule has 0 spiro atoms. The van der Waals surface area contributed by atoms with E-state index in [1.54, 1.807) is 0 Å². The van der Waals surface area contributed by atoms with E-state index in [9.17, 15) is 8.42 Å². The van der Waals surface area contributed by atoms with Crippen molar-refractivity contribution >= 4 is 32.2 Å². The minimum absolute atomic E-state index is 0.111. The summed E-state index contributed by atoms with van der Waals surface area (Å²) in [5.41, 5.74) is 5.70. The van der Waals surface area contributed by atoms with Gasteiger partial charge in [-0.1, -0.05) is 6.42 Å². The molecule has 4 atom stereocenters. The molecule has 0 aromatic carbocycles. The second kappa shape index (κ2) is 4.87. The molecule has 2 fully saturated rings. The molecule has 4 unspecified atom stereocenters. The molecule has 0 amide bonds. The number of nitrogens with two attached hydrogens (primary N) is 1. The Balaban J connectivity index is 1.78. The summed E-state index contributed by atoms with van der Waals surface area (Å²) in [7, 11) is -3.34. The number of nitrogens with zero attached hydrogens (tertiary/aromatic N) is 1. The molecule has 2 aliphatic rings. The van der Waals surface area contributed by atoms with Crippen LogP contribution in [0.15, 0.2) is 4.90 Å². The normalized spacial score (nSPS) is 30.6. The van der Waals surface area contributed by atoms with E-state index >= 15 is 0 Å². The maximum absolute atomic E-state index is 11.8. The van der Waals surface area contributed by atoms with E-state index in [2.05, 4.69) is 16.6 Å². The van der Waals surface area contributed by atoms with Crippen molar-refractivity contribution < 1.29 is 8.42 Å². The van der Waals surface area contributed by atoms with Crippen LogP contribution in [-0.4, -0.2) is 25.1 Å². The molecule has 3 rings (SSSR count). The molecule has 112 valence electrons. The molecular weight excluding hydrogens is 294 g/mol. The van der Waals surface area contributed by atoms with E-state index in [1.807, 2.05) is 0 Å². The van der Waals surface area contributed by atoms with E-state index in [0.29, 0.717) is 10.9 Å². The van der Waals surface area contributed by atoms with Gasteiger partial charge in [0, 0.05) is 12.3 Å². The predicted molar refractivity (Wildman–Crippen MR) is 81.7 cm³/mol. The minimum atomic E-state index is -3.34. The molecule has 0 saturated heterocycles. The van der Waals surface area contributed by atoms with Crippen LogP contribution in [0.5, 0.6) is 0 Å². The summed E-state index contributed by atoms with van der Waals surface area (Å²) in [6.45, 7) is 2.15. The third kappa shape index (κ3) is 2.41. The van der Waals surface area contributed by atoms with Gasteiger partial charge < -0.3 is 11.1 Å². The summed E-state index contributed by atoms with van der Waals surface area (Å²) >= 11 is 1.14. The Labute approximate surface area is 124 Å². The Kier molecular flexibility index (Phi) is 3.44. The molecule has 1 heterocycles. The highest BCUT2D eigenvalue weighted by Gasteiger charge is 2.42. The van der Waals surface area contributed by atoms with Crippen LogP contribution < -0.4 is 11.1 Å². The molecule has 3 N–H and O–H groups in total. The lowest BCUT2D eigenvalue weighted by molar-refractivity contribution is 0.304. The molecule has 7 heteroatoms. The van der Waals surface area contributed by atoms with Crippen molar-refractivity contribution in [1.82, 2.24) is 4.37 Å². The van der Waals surface area contributed by atoms with Crippen LogP contribution in [0.25, 0.3) is 0 Å². The fourth-order valence-electron chi connectivity index (χ4n) is 3.96. The van der Waals surface area contributed by atoms with Gasteiger partial charge in [-0.15, -0.1) is 0 Å². The Morgan fingerprint density at radius 2 is 2.15 bits per heavy atom. The third-order valence-electron chi connectivity index (χ3n) is 4.84. The van der Waals surface area contributed by atoms with E-state index in [0.717, 1.165) is 23.4 Å². The highest BCUT2D eigenvalue weighted by atomic mass is 32.2. The van der Waals surface area contributed by atoms with E-state index in [1.165, 1.54) is 31.9 Å². The van der Waals surface area contributed by atoms with Gasteiger partial charge in [0.25, 0.3) is 0 Å². The molecule has 2 bridgehead atoms. The Hall–Kier alpha value is -0.820. The number of aromatic nitrogens is 1. The van der Waals surface area contributed by atoms with E-state index < -0.39 is 9.84 Å². The summed E-state index contributed by atoms with van der Waals surface area (Å²) in [5, 5.41) is 3.96. The van der Waals surface area contributed by atoms with Crippen LogP contribution in [-0.2, 0) is 9.84 Å². The first-order chi connectivity index (χ1) is 9.36. The second-order valence-corrected chi connectivity index (χ2v) is 9.00. The summed E-state index contributed by atoms with van der Waals surface area (Å²) in [6.07, 6.45) is 6.49. The first-order valence-electron chi connectivity index (χ1n) is 7.08. The van der Waals surface area contributed by atoms with Crippen molar-refractivity contribution in [3.63, 3.8) is 0 Å². The zero-order chi connectivity index (χ0) is 14.5. The van der Waals surface area contributed by atoms with Crippen LogP contribution >= 0.6 is 11.5 Å². The second-order valence-electron chi connectivity index (χ2n) is 6.27. The van der Waals surface area contributed by atoms with Gasteiger partial charge in [-0.25, -0.2) is 8.42 Å². The van der Waals surface area contributed by atoms with Gasteiger partial charge in [-0.3, -0.25) is 0 Å². The van der Waals surface area contributed by atoms with E-state index in [4.69, 9.17) is 5.73 Å². The molecule has 20 heavy (non-hydrogen) atoms. The van der Waals surface area contributed by atoms with Gasteiger partial charge in [0.05, 0.1) is 0 Å². The van der Waals surface area contributed by atoms with Crippen LogP contribution in [0.3, 0.4) is 0 Å². The predicted octanol–water partition coefficient (Wildman–Crippen LogP) is 2.37. The summed E-state index contributed by atoms with van der Waals surface area (Å²) in [6, 6.07) is 0.269. The topological polar surface area (TPSA) is 85.1 Å². The largest absolute Gasteiger partial charge is 0.382 e. The van der Waals surface area contributed by atoms with Crippen LogP contribution in [0.2, 0.25) is 0 Å². The fraction of sp³-hybridized carbons (Fsp3) is 0.769. The summed E-state index contributed by atoms with van der Waals surface area (Å²) in [4.78, 5) is 0.164. The molecule has 0 radical (unpaired) electrons. The summed E-state index contributed by atoms with van der Waals surface area (Å²) in [5.74, 6) is 2.44. The first kappa shape index (κ1) is 14.1. The maximum Gasteiger partial charge on any atom is 0.182 e. The minimum Gasteiger partial charge on any atom is -0.382 e. The number of fused-ring (bicyclic) bond motifs is 2. The highest BCUT2D eigenvalue weighted by Crippen LogP contribution is 2.50. The lowest BCUT2D eigenvalue weighted by Gasteiger charge is -2.28. The van der Waals surface area contributed by atoms with Gasteiger partial charge >= 0.3 is 0 Å². The Morgan fingerprint density at radius 1 is 1.40 bits per heavy atom. The lowest BCUT2D eigenvalue weighted by atomic mass is 9.84. The lowest BCUT2D eigenvalue weighted by Crippen LogP contribution is -2.30. The van der Waals surface area contributed by atoms with Crippen molar-refractivity contribution in [3.8, 4) is 0 Å². The maximum atomic E-state index is 11.8. The Bertz CT molecular complexity index is 611. The van der Waals surface area contributed by atoms with Crippen LogP contribution in [0, 0.1) is 17.8 Å². The molecule has 0 aliphatic heterocycles. The van der Waals surface area contributed by atoms with Gasteiger partial charge in [-0.05, 0) is 55.5 Å². The van der Waals surface area contributed by atoms with Crippen molar-refractivity contribution in [2.24, 2.45) is 17.8 Å². The first-order valence-corrected chi connectivity index (χ1v) is 9.74. The molecule has 1 aromatic rings. The van der Waals surface area contributed by atoms with Crippen LogP contribution in [0.4, 0.5) is 10.8 Å². The van der Waals surface area contributed by atoms with Crippen molar-refractivity contribution in [3.05, 3.63) is 0 Å². The number of sulfone groups is 1. The third-order valence-corrected chi connectivity index (χ3v) is 6.92. The number of nitrogen functional groups attached to an aromatic ring is 1. The van der Waals surface area contributed by atoms with Gasteiger partial charge in [-0.2, -0.15) is 4.37 Å². The van der Waals surface area contributed by atoms with Crippen LogP contribution in [0.1, 0.15) is 32.6 Å². The number of hydrogen-bond acceptors (Lipinski definition) is 6. The highest BCUT2D eigenvalue weighted by molar-refractivity contribution is 7.91. The number of hydrogen-bond donors (Lipinski definition) is 2. The van der Waals surface area contributed by atoms with Gasteiger partial charge in [0.15, 0.2) is 15.7 Å². The molecular formula is C13H21N3O2S2. The average molecular weight is 315 g/mol. The smallest absolute Gasteiger partial charge is 0.182 e. The average Bonchev–Trinajstić information content (AvgIpc) is 3.02. The van der Waals surface area contributed by atoms with E-state index in [-0.39, 0.29) is 16.8 Å². The molecule has 1 aromatic heterocycles. The molecule has 2 saturated carbocycles. The van der Waals surface area contributed by atoms with Crippen molar-refractivity contribution in [1.29, 1.82) is 0 Å². The number of rotatable bonds is 4. The fourth-order valence-corrected chi connectivity index (χ4v) is 6.12. The Morgan fingerprint density at radius 3 is 2.70 bits per heavy atom. The zero-order valence-electron chi connectivity index (χ0n) is 11.8. The SMILES string of the molecule is CC(Nc1snc(N)c1S(C)(=O)=O)C1CC2CCC1C2. The number of anilines is 2. The number of nitrogens with one attached hydrogen (secondary N) is 1. The zero-order valence-corrected chi connectivity index (χ0v) is 13.4.